The smallest absolute Gasteiger partial charge is 0.350 e. The minimum absolute atomic E-state index is 0.00933. The van der Waals surface area contributed by atoms with Gasteiger partial charge in [0.05, 0.1) is 12.9 Å². The third kappa shape index (κ3) is 2.28. The Bertz CT molecular complexity index is 389. The van der Waals surface area contributed by atoms with Gasteiger partial charge in [0, 0.05) is 16.2 Å². The normalized spacial score (nSPS) is 30.7. The Labute approximate surface area is 116 Å². The van der Waals surface area contributed by atoms with E-state index in [9.17, 15) is 4.79 Å². The third-order valence-corrected chi connectivity index (χ3v) is 8.93. The van der Waals surface area contributed by atoms with Crippen molar-refractivity contribution >= 4 is 14.3 Å². The highest BCUT2D eigenvalue weighted by Gasteiger charge is 2.63. The van der Waals surface area contributed by atoms with Crippen LogP contribution in [0.5, 0.6) is 0 Å². The lowest BCUT2D eigenvalue weighted by atomic mass is 10.1. The van der Waals surface area contributed by atoms with Crippen LogP contribution in [-0.2, 0) is 18.4 Å². The van der Waals surface area contributed by atoms with E-state index in [0.29, 0.717) is 6.61 Å². The molecule has 0 aromatic rings. The summed E-state index contributed by atoms with van der Waals surface area (Å²) >= 11 is 0. The van der Waals surface area contributed by atoms with Crippen molar-refractivity contribution in [2.24, 2.45) is 0 Å². The predicted molar refractivity (Wildman–Crippen MR) is 75.0 cm³/mol. The van der Waals surface area contributed by atoms with E-state index in [1.807, 2.05) is 0 Å². The van der Waals surface area contributed by atoms with E-state index >= 15 is 0 Å². The van der Waals surface area contributed by atoms with E-state index in [0.717, 1.165) is 0 Å². The van der Waals surface area contributed by atoms with Gasteiger partial charge in [-0.15, -0.1) is 0 Å². The van der Waals surface area contributed by atoms with Gasteiger partial charge in [-0.3, -0.25) is 4.79 Å². The molecule has 1 saturated heterocycles. The fourth-order valence-corrected chi connectivity index (χ4v) is 8.06. The molecule has 0 amide bonds. The quantitative estimate of drug-likeness (QED) is 0.642. The summed E-state index contributed by atoms with van der Waals surface area (Å²) in [4.78, 5) is 12.0. The SMILES string of the molecule is CC(C)(C)[Si]1(C(C)(C)C)OC[C@H]2OC=CC(=O)[C@@H]2O1. The van der Waals surface area contributed by atoms with Crippen LogP contribution in [0.15, 0.2) is 12.3 Å². The standard InChI is InChI=1S/C14H24O4Si/c1-13(2,3)19(14(4,5)6)17-9-11-12(18-19)10(15)7-8-16-11/h7-8,11-12H,9H2,1-6H3/t11-,12+/m1/s1. The van der Waals surface area contributed by atoms with Crippen LogP contribution in [0.4, 0.5) is 0 Å². The van der Waals surface area contributed by atoms with Gasteiger partial charge in [-0.25, -0.2) is 0 Å². The van der Waals surface area contributed by atoms with Crippen LogP contribution in [0.25, 0.3) is 0 Å². The van der Waals surface area contributed by atoms with Gasteiger partial charge in [-0.05, 0) is 0 Å². The highest BCUT2D eigenvalue weighted by molar-refractivity contribution is 6.73. The Hall–Kier alpha value is -0.653. The molecular weight excluding hydrogens is 260 g/mol. The van der Waals surface area contributed by atoms with Crippen molar-refractivity contribution in [2.75, 3.05) is 6.61 Å². The number of hydrogen-bond donors (Lipinski definition) is 0. The molecule has 2 heterocycles. The molecule has 2 aliphatic rings. The second-order valence-corrected chi connectivity index (χ2v) is 12.1. The van der Waals surface area contributed by atoms with Crippen molar-refractivity contribution in [3.8, 4) is 0 Å². The summed E-state index contributed by atoms with van der Waals surface area (Å²) < 4.78 is 18.0. The zero-order valence-corrected chi connectivity index (χ0v) is 13.6. The summed E-state index contributed by atoms with van der Waals surface area (Å²) in [5, 5.41) is -0.227. The first-order valence-corrected chi connectivity index (χ1v) is 8.58. The fraction of sp³-hybridized carbons (Fsp3) is 0.786. The van der Waals surface area contributed by atoms with Crippen LogP contribution in [0.2, 0.25) is 10.1 Å². The van der Waals surface area contributed by atoms with Crippen molar-refractivity contribution in [1.82, 2.24) is 0 Å². The van der Waals surface area contributed by atoms with Gasteiger partial charge in [-0.2, -0.15) is 0 Å². The summed E-state index contributed by atoms with van der Waals surface area (Å²) in [6, 6.07) is 0. The number of ether oxygens (including phenoxy) is 1. The fourth-order valence-electron chi connectivity index (χ4n) is 3.14. The van der Waals surface area contributed by atoms with E-state index in [1.165, 1.54) is 12.3 Å². The van der Waals surface area contributed by atoms with E-state index in [4.69, 9.17) is 13.6 Å². The maximum Gasteiger partial charge on any atom is 0.350 e. The largest absolute Gasteiger partial charge is 0.492 e. The monoisotopic (exact) mass is 284 g/mol. The van der Waals surface area contributed by atoms with Crippen molar-refractivity contribution < 1.29 is 18.4 Å². The first kappa shape index (κ1) is 14.7. The molecular formula is C14H24O4Si. The van der Waals surface area contributed by atoms with E-state index in [2.05, 4.69) is 41.5 Å². The van der Waals surface area contributed by atoms with Crippen LogP contribution in [0.1, 0.15) is 41.5 Å². The molecule has 0 N–H and O–H groups in total. The Balaban J connectivity index is 2.38. The number of fused-ring (bicyclic) bond motifs is 1. The summed E-state index contributed by atoms with van der Waals surface area (Å²) in [6.45, 7) is 13.2. The van der Waals surface area contributed by atoms with Gasteiger partial charge in [0.15, 0.2) is 11.9 Å². The highest BCUT2D eigenvalue weighted by Crippen LogP contribution is 2.54. The predicted octanol–water partition coefficient (Wildman–Crippen LogP) is 2.93. The van der Waals surface area contributed by atoms with Crippen molar-refractivity contribution in [1.29, 1.82) is 0 Å². The molecule has 108 valence electrons. The Morgan fingerprint density at radius 2 is 1.74 bits per heavy atom. The molecule has 5 heteroatoms. The Morgan fingerprint density at radius 1 is 1.16 bits per heavy atom. The molecule has 2 aliphatic heterocycles. The number of carbonyl (C=O) groups is 1. The molecule has 0 aromatic heterocycles. The van der Waals surface area contributed by atoms with Crippen LogP contribution < -0.4 is 0 Å². The molecule has 0 bridgehead atoms. The van der Waals surface area contributed by atoms with E-state index in [-0.39, 0.29) is 22.0 Å². The second kappa shape index (κ2) is 4.43. The molecule has 19 heavy (non-hydrogen) atoms. The van der Waals surface area contributed by atoms with Gasteiger partial charge in [0.1, 0.15) is 6.10 Å². The minimum Gasteiger partial charge on any atom is -0.492 e. The molecule has 2 rings (SSSR count). The third-order valence-electron chi connectivity index (χ3n) is 3.82. The summed E-state index contributed by atoms with van der Waals surface area (Å²) in [5.41, 5.74) is 0. The van der Waals surface area contributed by atoms with Crippen molar-refractivity contribution in [2.45, 2.75) is 63.8 Å². The molecule has 4 nitrogen and oxygen atoms in total. The molecule has 0 spiro atoms. The molecule has 2 atom stereocenters. The van der Waals surface area contributed by atoms with Gasteiger partial charge in [-0.1, -0.05) is 41.5 Å². The van der Waals surface area contributed by atoms with Crippen molar-refractivity contribution in [3.05, 3.63) is 12.3 Å². The highest BCUT2D eigenvalue weighted by atomic mass is 28.4. The molecule has 0 unspecified atom stereocenters. The van der Waals surface area contributed by atoms with Crippen LogP contribution in [0.3, 0.4) is 0 Å². The zero-order chi connectivity index (χ0) is 14.5. The first-order chi connectivity index (χ1) is 8.58. The van der Waals surface area contributed by atoms with Crippen molar-refractivity contribution in [3.63, 3.8) is 0 Å². The zero-order valence-electron chi connectivity index (χ0n) is 12.6. The maximum atomic E-state index is 12.0. The molecule has 0 radical (unpaired) electrons. The van der Waals surface area contributed by atoms with Gasteiger partial charge in [0.25, 0.3) is 0 Å². The minimum atomic E-state index is -2.57. The molecule has 0 aromatic carbocycles. The van der Waals surface area contributed by atoms with E-state index in [1.54, 1.807) is 0 Å². The second-order valence-electron chi connectivity index (χ2n) is 7.35. The first-order valence-electron chi connectivity index (χ1n) is 6.76. The van der Waals surface area contributed by atoms with Crippen LogP contribution in [0, 0.1) is 0 Å². The van der Waals surface area contributed by atoms with E-state index < -0.39 is 14.7 Å². The number of rotatable bonds is 0. The summed E-state index contributed by atoms with van der Waals surface area (Å²) in [7, 11) is -2.57. The lowest BCUT2D eigenvalue weighted by molar-refractivity contribution is -0.141. The van der Waals surface area contributed by atoms with Crippen LogP contribution in [-0.4, -0.2) is 33.2 Å². The Morgan fingerprint density at radius 3 is 2.26 bits per heavy atom. The number of hydrogen-bond acceptors (Lipinski definition) is 4. The summed E-state index contributed by atoms with van der Waals surface area (Å²) in [6.07, 6.45) is 2.09. The van der Waals surface area contributed by atoms with Crippen LogP contribution >= 0.6 is 0 Å². The average molecular weight is 284 g/mol. The van der Waals surface area contributed by atoms with Gasteiger partial charge >= 0.3 is 8.56 Å². The Kier molecular flexibility index (Phi) is 3.44. The maximum absolute atomic E-state index is 12.0. The average Bonchev–Trinajstić information content (AvgIpc) is 2.26. The number of ketones is 1. The summed E-state index contributed by atoms with van der Waals surface area (Å²) in [5.74, 6) is -0.00933. The molecule has 0 aliphatic carbocycles. The van der Waals surface area contributed by atoms with Gasteiger partial charge in [0.2, 0.25) is 0 Å². The topological polar surface area (TPSA) is 44.8 Å². The lowest BCUT2D eigenvalue weighted by Crippen LogP contribution is -2.66. The lowest BCUT2D eigenvalue weighted by Gasteiger charge is -2.54. The number of carbonyl (C=O) groups excluding carboxylic acids is 1. The molecule has 0 saturated carbocycles. The van der Waals surface area contributed by atoms with Gasteiger partial charge < -0.3 is 13.6 Å². The molecule has 1 fully saturated rings.